The average molecular weight is 572 g/mol. The summed E-state index contributed by atoms with van der Waals surface area (Å²) in [5.74, 6) is 0.372. The molecule has 1 saturated heterocycles. The van der Waals surface area contributed by atoms with Gasteiger partial charge in [-0.3, -0.25) is 19.3 Å². The number of nitrogens with zero attached hydrogens (tertiary/aromatic N) is 1. The Kier molecular flexibility index (Phi) is 8.01. The van der Waals surface area contributed by atoms with Gasteiger partial charge < -0.3 is 9.47 Å². The number of amides is 2. The number of Topliss-reactive ketones (excluding diaryl/α,β-unsaturated/α-hetero) is 1. The zero-order valence-corrected chi connectivity index (χ0v) is 20.5. The molecule has 0 bridgehead atoms. The smallest absolute Gasteiger partial charge is 0.293 e. The van der Waals surface area contributed by atoms with Crippen molar-refractivity contribution in [3.63, 3.8) is 0 Å². The van der Waals surface area contributed by atoms with Gasteiger partial charge in [-0.25, -0.2) is 0 Å². The molecule has 0 aromatic heterocycles. The van der Waals surface area contributed by atoms with Gasteiger partial charge in [-0.2, -0.15) is 0 Å². The summed E-state index contributed by atoms with van der Waals surface area (Å²) < 4.78 is 12.2. The van der Waals surface area contributed by atoms with E-state index in [0.29, 0.717) is 40.9 Å². The van der Waals surface area contributed by atoms with Gasteiger partial charge in [0.15, 0.2) is 17.3 Å². The zero-order chi connectivity index (χ0) is 22.5. The van der Waals surface area contributed by atoms with Crippen LogP contribution in [0.5, 0.6) is 11.5 Å². The lowest BCUT2D eigenvalue weighted by molar-refractivity contribution is -0.122. The molecule has 2 amide bonds. The molecule has 0 atom stereocenters. The van der Waals surface area contributed by atoms with E-state index in [1.54, 1.807) is 36.4 Å². The van der Waals surface area contributed by atoms with E-state index < -0.39 is 11.1 Å². The first-order valence-corrected chi connectivity index (χ1v) is 11.7. The second-order valence-corrected chi connectivity index (χ2v) is 8.99. The van der Waals surface area contributed by atoms with Gasteiger partial charge in [-0.15, -0.1) is 0 Å². The molecule has 2 aromatic rings. The normalized spacial score (nSPS) is 15.0. The topological polar surface area (TPSA) is 72.9 Å². The summed E-state index contributed by atoms with van der Waals surface area (Å²) >= 11 is 8.79. The van der Waals surface area contributed by atoms with E-state index in [0.717, 1.165) is 20.2 Å². The lowest BCUT2D eigenvalue weighted by atomic mass is 10.1. The largest absolute Gasteiger partial charge is 0.490 e. The number of benzene rings is 2. The van der Waals surface area contributed by atoms with E-state index in [4.69, 9.17) is 21.1 Å². The first-order valence-electron chi connectivity index (χ1n) is 9.47. The number of imide groups is 1. The quantitative estimate of drug-likeness (QED) is 0.231. The number of ketones is 1. The number of hydrogen-bond acceptors (Lipinski definition) is 6. The van der Waals surface area contributed by atoms with Gasteiger partial charge in [-0.05, 0) is 96.2 Å². The lowest BCUT2D eigenvalue weighted by Crippen LogP contribution is -2.33. The average Bonchev–Trinajstić information content (AvgIpc) is 2.98. The monoisotopic (exact) mass is 571 g/mol. The highest BCUT2D eigenvalue weighted by atomic mass is 127. The van der Waals surface area contributed by atoms with Crippen LogP contribution in [0.4, 0.5) is 4.79 Å². The molecule has 31 heavy (non-hydrogen) atoms. The maximum Gasteiger partial charge on any atom is 0.293 e. The molecule has 6 nitrogen and oxygen atoms in total. The lowest BCUT2D eigenvalue weighted by Gasteiger charge is -2.14. The molecule has 1 heterocycles. The summed E-state index contributed by atoms with van der Waals surface area (Å²) in [6.45, 7) is 4.40. The minimum atomic E-state index is -0.501. The Bertz CT molecular complexity index is 1050. The highest BCUT2D eigenvalue weighted by Gasteiger charge is 2.36. The molecular weight excluding hydrogens is 553 g/mol. The molecule has 1 fully saturated rings. The molecule has 0 unspecified atom stereocenters. The summed E-state index contributed by atoms with van der Waals surface area (Å²) in [7, 11) is 0. The SMILES string of the molecule is CCOc1cc(/C=C2/SC(=O)N(CC(=O)c3ccc(Cl)cc3)C2=O)cc(I)c1OCC. The fourth-order valence-electron chi connectivity index (χ4n) is 2.88. The number of hydrogen-bond donors (Lipinski definition) is 0. The second-order valence-electron chi connectivity index (χ2n) is 6.39. The number of thioether (sulfide) groups is 1. The zero-order valence-electron chi connectivity index (χ0n) is 16.8. The number of carbonyl (C=O) groups excluding carboxylic acids is 3. The molecule has 9 heteroatoms. The van der Waals surface area contributed by atoms with Crippen LogP contribution in [0.15, 0.2) is 41.3 Å². The molecule has 0 radical (unpaired) electrons. The van der Waals surface area contributed by atoms with Crippen LogP contribution >= 0.6 is 46.0 Å². The van der Waals surface area contributed by atoms with Gasteiger partial charge in [0, 0.05) is 10.6 Å². The predicted molar refractivity (Wildman–Crippen MR) is 130 cm³/mol. The predicted octanol–water partition coefficient (Wildman–Crippen LogP) is 5.66. The van der Waals surface area contributed by atoms with E-state index >= 15 is 0 Å². The molecular formula is C22H19ClINO5S. The summed E-state index contributed by atoms with van der Waals surface area (Å²) in [5, 5.41) is 0.0197. The van der Waals surface area contributed by atoms with Crippen LogP contribution in [0.3, 0.4) is 0 Å². The number of carbonyl (C=O) groups is 3. The molecule has 1 aliphatic heterocycles. The third-order valence-corrected chi connectivity index (χ3v) is 6.22. The van der Waals surface area contributed by atoms with Gasteiger partial charge in [0.05, 0.1) is 28.2 Å². The Balaban J connectivity index is 1.82. The first kappa shape index (κ1) is 23.6. The third-order valence-electron chi connectivity index (χ3n) is 4.26. The van der Waals surface area contributed by atoms with Gasteiger partial charge in [-0.1, -0.05) is 11.6 Å². The van der Waals surface area contributed by atoms with Crippen LogP contribution in [0.1, 0.15) is 29.8 Å². The van der Waals surface area contributed by atoms with Gasteiger partial charge >= 0.3 is 0 Å². The molecule has 0 N–H and O–H groups in total. The summed E-state index contributed by atoms with van der Waals surface area (Å²) in [5.41, 5.74) is 1.08. The fraction of sp³-hybridized carbons (Fsp3) is 0.227. The van der Waals surface area contributed by atoms with E-state index in [1.807, 2.05) is 19.9 Å². The van der Waals surface area contributed by atoms with Crippen LogP contribution in [-0.4, -0.2) is 41.6 Å². The van der Waals surface area contributed by atoms with Crippen molar-refractivity contribution in [2.45, 2.75) is 13.8 Å². The van der Waals surface area contributed by atoms with Crippen molar-refractivity contribution in [3.8, 4) is 11.5 Å². The van der Waals surface area contributed by atoms with E-state index in [9.17, 15) is 14.4 Å². The van der Waals surface area contributed by atoms with Crippen molar-refractivity contribution in [3.05, 3.63) is 61.0 Å². The Hall–Kier alpha value is -2.04. The van der Waals surface area contributed by atoms with Crippen LogP contribution < -0.4 is 9.47 Å². The second kappa shape index (κ2) is 10.5. The molecule has 162 valence electrons. The Labute approximate surface area is 203 Å². The summed E-state index contributed by atoms with van der Waals surface area (Å²) in [6.07, 6.45) is 1.62. The number of rotatable bonds is 8. The van der Waals surface area contributed by atoms with Crippen molar-refractivity contribution >= 4 is 69.0 Å². The molecule has 3 rings (SSSR count). The highest BCUT2D eigenvalue weighted by molar-refractivity contribution is 14.1. The number of halogens is 2. The third kappa shape index (κ3) is 5.61. The summed E-state index contributed by atoms with van der Waals surface area (Å²) in [6, 6.07) is 9.93. The molecule has 0 spiro atoms. The van der Waals surface area contributed by atoms with Crippen molar-refractivity contribution < 1.29 is 23.9 Å². The Morgan fingerprint density at radius 1 is 1.13 bits per heavy atom. The van der Waals surface area contributed by atoms with Crippen LogP contribution in [-0.2, 0) is 4.79 Å². The Morgan fingerprint density at radius 3 is 2.45 bits per heavy atom. The first-order chi connectivity index (χ1) is 14.8. The maximum atomic E-state index is 12.8. The molecule has 2 aromatic carbocycles. The van der Waals surface area contributed by atoms with Gasteiger partial charge in [0.1, 0.15) is 0 Å². The van der Waals surface area contributed by atoms with Crippen molar-refractivity contribution in [1.82, 2.24) is 4.90 Å². The van der Waals surface area contributed by atoms with Gasteiger partial charge in [0.2, 0.25) is 0 Å². The minimum Gasteiger partial charge on any atom is -0.490 e. The van der Waals surface area contributed by atoms with E-state index in [1.165, 1.54) is 0 Å². The molecule has 0 saturated carbocycles. The van der Waals surface area contributed by atoms with Crippen molar-refractivity contribution in [2.75, 3.05) is 19.8 Å². The van der Waals surface area contributed by atoms with Gasteiger partial charge in [0.25, 0.3) is 11.1 Å². The summed E-state index contributed by atoms with van der Waals surface area (Å²) in [4.78, 5) is 38.9. The van der Waals surface area contributed by atoms with Crippen LogP contribution in [0, 0.1) is 3.57 Å². The van der Waals surface area contributed by atoms with Crippen LogP contribution in [0.2, 0.25) is 5.02 Å². The minimum absolute atomic E-state index is 0.247. The highest BCUT2D eigenvalue weighted by Crippen LogP contribution is 2.37. The fourth-order valence-corrected chi connectivity index (χ4v) is 4.62. The van der Waals surface area contributed by atoms with Crippen LogP contribution in [0.25, 0.3) is 6.08 Å². The maximum absolute atomic E-state index is 12.8. The Morgan fingerprint density at radius 2 is 1.81 bits per heavy atom. The molecule has 0 aliphatic carbocycles. The van der Waals surface area contributed by atoms with E-state index in [2.05, 4.69) is 22.6 Å². The van der Waals surface area contributed by atoms with Crippen molar-refractivity contribution in [1.29, 1.82) is 0 Å². The number of ether oxygens (including phenoxy) is 2. The molecule has 1 aliphatic rings. The van der Waals surface area contributed by atoms with E-state index in [-0.39, 0.29) is 17.2 Å². The van der Waals surface area contributed by atoms with Crippen molar-refractivity contribution in [2.24, 2.45) is 0 Å². The standard InChI is InChI=1S/C22H19ClINO5S/c1-3-29-18-10-13(9-16(24)20(18)30-4-2)11-19-21(27)25(22(28)31-19)12-17(26)14-5-7-15(23)8-6-14/h5-11H,3-4,12H2,1-2H3/b19-11+.